The molecule has 0 spiro atoms. The number of rotatable bonds is 1. The van der Waals surface area contributed by atoms with E-state index < -0.39 is 0 Å². The number of aromatic nitrogens is 2. The van der Waals surface area contributed by atoms with E-state index in [4.69, 9.17) is 0 Å². The summed E-state index contributed by atoms with van der Waals surface area (Å²) in [5, 5.41) is 5.81. The molecule has 14 heavy (non-hydrogen) atoms. The number of hydrogen-bond acceptors (Lipinski definition) is 4. The highest BCUT2D eigenvalue weighted by Crippen LogP contribution is 2.11. The molecule has 0 unspecified atom stereocenters. The van der Waals surface area contributed by atoms with Crippen molar-refractivity contribution in [1.29, 1.82) is 0 Å². The Kier molecular flexibility index (Phi) is 2.41. The van der Waals surface area contributed by atoms with E-state index in [2.05, 4.69) is 20.6 Å². The summed E-state index contributed by atoms with van der Waals surface area (Å²) in [7, 11) is 0. The highest BCUT2D eigenvalue weighted by Gasteiger charge is 2.11. The maximum absolute atomic E-state index is 10.8. The first-order valence-electron chi connectivity index (χ1n) is 4.59. The lowest BCUT2D eigenvalue weighted by Gasteiger charge is -2.15. The third-order valence-corrected chi connectivity index (χ3v) is 2.10. The molecule has 0 bridgehead atoms. The van der Waals surface area contributed by atoms with Crippen LogP contribution >= 0.6 is 0 Å². The van der Waals surface area contributed by atoms with Crippen LogP contribution in [0.2, 0.25) is 0 Å². The molecular formula is C9H12N4O. The van der Waals surface area contributed by atoms with Crippen molar-refractivity contribution in [2.45, 2.75) is 19.9 Å². The van der Waals surface area contributed by atoms with Crippen molar-refractivity contribution in [3.63, 3.8) is 0 Å². The molecule has 1 aromatic heterocycles. The van der Waals surface area contributed by atoms with E-state index in [1.165, 1.54) is 6.92 Å². The predicted octanol–water partition coefficient (Wildman–Crippen LogP) is 0.0807. The number of nitrogens with zero attached hydrogens (tertiary/aromatic N) is 2. The lowest BCUT2D eigenvalue weighted by Crippen LogP contribution is -2.25. The number of anilines is 1. The van der Waals surface area contributed by atoms with Crippen molar-refractivity contribution in [1.82, 2.24) is 15.3 Å². The predicted molar refractivity (Wildman–Crippen MR) is 51.7 cm³/mol. The fourth-order valence-electron chi connectivity index (χ4n) is 1.45. The van der Waals surface area contributed by atoms with E-state index >= 15 is 0 Å². The van der Waals surface area contributed by atoms with Gasteiger partial charge in [0, 0.05) is 38.2 Å². The maximum atomic E-state index is 10.8. The first-order valence-corrected chi connectivity index (χ1v) is 4.59. The number of carbonyl (C=O) groups is 1. The second-order valence-corrected chi connectivity index (χ2v) is 3.27. The van der Waals surface area contributed by atoms with Crippen molar-refractivity contribution >= 4 is 11.9 Å². The van der Waals surface area contributed by atoms with Gasteiger partial charge in [0.1, 0.15) is 0 Å². The Hall–Kier alpha value is -1.49. The van der Waals surface area contributed by atoms with Crippen LogP contribution in [0, 0.1) is 0 Å². The summed E-state index contributed by atoms with van der Waals surface area (Å²) in [6.07, 6.45) is 2.66. The normalized spacial score (nSPS) is 14.6. The van der Waals surface area contributed by atoms with E-state index in [9.17, 15) is 4.79 Å². The molecule has 1 aromatic rings. The van der Waals surface area contributed by atoms with Crippen LogP contribution in [-0.4, -0.2) is 22.4 Å². The average molecular weight is 192 g/mol. The van der Waals surface area contributed by atoms with Gasteiger partial charge >= 0.3 is 0 Å². The zero-order chi connectivity index (χ0) is 9.97. The quantitative estimate of drug-likeness (QED) is 0.661. The monoisotopic (exact) mass is 192 g/mol. The molecule has 2 heterocycles. The van der Waals surface area contributed by atoms with E-state index in [-0.39, 0.29) is 5.91 Å². The molecule has 2 N–H and O–H groups in total. The van der Waals surface area contributed by atoms with Crippen LogP contribution in [0.25, 0.3) is 0 Å². The number of nitrogens with one attached hydrogen (secondary N) is 2. The van der Waals surface area contributed by atoms with Crippen LogP contribution in [0.3, 0.4) is 0 Å². The average Bonchev–Trinajstić information content (AvgIpc) is 2.17. The zero-order valence-corrected chi connectivity index (χ0v) is 8.00. The minimum Gasteiger partial charge on any atom is -0.312 e. The lowest BCUT2D eigenvalue weighted by molar-refractivity contribution is -0.114. The van der Waals surface area contributed by atoms with Crippen LogP contribution in [0.4, 0.5) is 5.95 Å². The largest absolute Gasteiger partial charge is 0.312 e. The smallest absolute Gasteiger partial charge is 0.229 e. The molecule has 1 aliphatic rings. The van der Waals surface area contributed by atoms with Crippen molar-refractivity contribution in [2.24, 2.45) is 0 Å². The topological polar surface area (TPSA) is 66.9 Å². The Labute approximate surface area is 82.0 Å². The highest BCUT2D eigenvalue weighted by atomic mass is 16.1. The van der Waals surface area contributed by atoms with Crippen LogP contribution in [0.5, 0.6) is 0 Å². The van der Waals surface area contributed by atoms with Gasteiger partial charge < -0.3 is 5.32 Å². The van der Waals surface area contributed by atoms with E-state index in [1.807, 2.05) is 0 Å². The SMILES string of the molecule is CC(=O)Nc1ncc2c(n1)CCNC2. The van der Waals surface area contributed by atoms with Gasteiger partial charge in [-0.3, -0.25) is 10.1 Å². The minimum atomic E-state index is -0.140. The van der Waals surface area contributed by atoms with Gasteiger partial charge in [0.15, 0.2) is 0 Å². The Morgan fingerprint density at radius 1 is 1.64 bits per heavy atom. The number of fused-ring (bicyclic) bond motifs is 1. The summed E-state index contributed by atoms with van der Waals surface area (Å²) < 4.78 is 0. The van der Waals surface area contributed by atoms with Crippen molar-refractivity contribution in [3.05, 3.63) is 17.5 Å². The Bertz CT molecular complexity index is 364. The molecule has 0 radical (unpaired) electrons. The molecule has 74 valence electrons. The molecular weight excluding hydrogens is 180 g/mol. The molecule has 1 amide bonds. The summed E-state index contributed by atoms with van der Waals surface area (Å²) in [6.45, 7) is 3.20. The molecule has 0 atom stereocenters. The number of hydrogen-bond donors (Lipinski definition) is 2. The molecule has 5 heteroatoms. The summed E-state index contributed by atoms with van der Waals surface area (Å²) in [4.78, 5) is 19.1. The molecule has 0 aromatic carbocycles. The van der Waals surface area contributed by atoms with Crippen LogP contribution in [-0.2, 0) is 17.8 Å². The molecule has 0 saturated carbocycles. The summed E-state index contributed by atoms with van der Waals surface area (Å²) in [5.41, 5.74) is 2.15. The second kappa shape index (κ2) is 3.71. The Morgan fingerprint density at radius 3 is 3.29 bits per heavy atom. The van der Waals surface area contributed by atoms with Gasteiger partial charge in [-0.15, -0.1) is 0 Å². The van der Waals surface area contributed by atoms with Crippen molar-refractivity contribution < 1.29 is 4.79 Å². The molecule has 2 rings (SSSR count). The third kappa shape index (κ3) is 1.88. The van der Waals surface area contributed by atoms with Gasteiger partial charge in [0.2, 0.25) is 11.9 Å². The van der Waals surface area contributed by atoms with Crippen LogP contribution < -0.4 is 10.6 Å². The van der Waals surface area contributed by atoms with Crippen molar-refractivity contribution in [2.75, 3.05) is 11.9 Å². The number of amides is 1. The Balaban J connectivity index is 2.24. The highest BCUT2D eigenvalue weighted by molar-refractivity contribution is 5.86. The second-order valence-electron chi connectivity index (χ2n) is 3.27. The van der Waals surface area contributed by atoms with E-state index in [0.717, 1.165) is 30.8 Å². The molecule has 0 aliphatic carbocycles. The first kappa shape index (κ1) is 9.08. The summed E-state index contributed by atoms with van der Waals surface area (Å²) in [5.74, 6) is 0.261. The summed E-state index contributed by atoms with van der Waals surface area (Å²) >= 11 is 0. The fourth-order valence-corrected chi connectivity index (χ4v) is 1.45. The lowest BCUT2D eigenvalue weighted by atomic mass is 10.1. The fraction of sp³-hybridized carbons (Fsp3) is 0.444. The van der Waals surface area contributed by atoms with Crippen molar-refractivity contribution in [3.8, 4) is 0 Å². The summed E-state index contributed by atoms with van der Waals surface area (Å²) in [6, 6.07) is 0. The van der Waals surface area contributed by atoms with Gasteiger partial charge in [0.05, 0.1) is 5.69 Å². The third-order valence-electron chi connectivity index (χ3n) is 2.10. The molecule has 5 nitrogen and oxygen atoms in total. The minimum absolute atomic E-state index is 0.140. The van der Waals surface area contributed by atoms with E-state index in [0.29, 0.717) is 5.95 Å². The van der Waals surface area contributed by atoms with Crippen LogP contribution in [0.1, 0.15) is 18.2 Å². The zero-order valence-electron chi connectivity index (χ0n) is 8.00. The number of carbonyl (C=O) groups excluding carboxylic acids is 1. The standard InChI is InChI=1S/C9H12N4O/c1-6(14)12-9-11-5-7-4-10-3-2-8(7)13-9/h5,10H,2-4H2,1H3,(H,11,12,13,14). The molecule has 0 fully saturated rings. The maximum Gasteiger partial charge on any atom is 0.229 e. The molecule has 0 saturated heterocycles. The van der Waals surface area contributed by atoms with Gasteiger partial charge in [-0.05, 0) is 0 Å². The van der Waals surface area contributed by atoms with Gasteiger partial charge in [-0.2, -0.15) is 0 Å². The van der Waals surface area contributed by atoms with Gasteiger partial charge in [-0.1, -0.05) is 0 Å². The Morgan fingerprint density at radius 2 is 2.50 bits per heavy atom. The first-order chi connectivity index (χ1) is 6.75. The molecule has 1 aliphatic heterocycles. The van der Waals surface area contributed by atoms with Crippen LogP contribution in [0.15, 0.2) is 6.20 Å². The van der Waals surface area contributed by atoms with Gasteiger partial charge in [-0.25, -0.2) is 9.97 Å². The van der Waals surface area contributed by atoms with E-state index in [1.54, 1.807) is 6.20 Å². The van der Waals surface area contributed by atoms with Gasteiger partial charge in [0.25, 0.3) is 0 Å².